The van der Waals surface area contributed by atoms with E-state index in [1.807, 2.05) is 13.8 Å². The Kier molecular flexibility index (Phi) is 5.94. The fraction of sp³-hybridized carbons (Fsp3) is 0.538. The van der Waals surface area contributed by atoms with Gasteiger partial charge in [0, 0.05) is 12.1 Å². The molecule has 0 atom stereocenters. The summed E-state index contributed by atoms with van der Waals surface area (Å²) in [7, 11) is -3.57. The van der Waals surface area contributed by atoms with E-state index in [9.17, 15) is 12.8 Å². The number of hydrogen-bond donors (Lipinski definition) is 2. The van der Waals surface area contributed by atoms with Gasteiger partial charge in [0.15, 0.2) is 0 Å². The number of sulfonamides is 1. The maximum atomic E-state index is 13.1. The molecule has 0 saturated carbocycles. The van der Waals surface area contributed by atoms with E-state index in [2.05, 4.69) is 4.72 Å². The van der Waals surface area contributed by atoms with Crippen molar-refractivity contribution in [1.82, 2.24) is 4.72 Å². The zero-order valence-corrected chi connectivity index (χ0v) is 13.2. The molecule has 0 aliphatic carbocycles. The van der Waals surface area contributed by atoms with Crippen molar-refractivity contribution in [2.24, 2.45) is 5.73 Å². The van der Waals surface area contributed by atoms with Crippen molar-refractivity contribution < 1.29 is 12.8 Å². The van der Waals surface area contributed by atoms with E-state index in [0.29, 0.717) is 18.4 Å². The van der Waals surface area contributed by atoms with Crippen LogP contribution in [0.1, 0.15) is 32.3 Å². The molecule has 0 radical (unpaired) electrons. The maximum Gasteiger partial charge on any atom is 0.216 e. The van der Waals surface area contributed by atoms with Crippen molar-refractivity contribution in [3.05, 3.63) is 34.6 Å². The first-order chi connectivity index (χ1) is 9.27. The zero-order valence-electron chi connectivity index (χ0n) is 11.6. The number of benzene rings is 1. The van der Waals surface area contributed by atoms with E-state index >= 15 is 0 Å². The molecule has 1 rings (SSSR count). The Morgan fingerprint density at radius 2 is 1.95 bits per heavy atom. The lowest BCUT2D eigenvalue weighted by atomic mass is 9.95. The molecule has 3 N–H and O–H groups in total. The summed E-state index contributed by atoms with van der Waals surface area (Å²) in [6, 6.07) is 3.88. The topological polar surface area (TPSA) is 72.2 Å². The van der Waals surface area contributed by atoms with Crippen LogP contribution in [0.2, 0.25) is 5.02 Å². The molecule has 0 heterocycles. The highest BCUT2D eigenvalue weighted by atomic mass is 35.5. The first kappa shape index (κ1) is 17.4. The molecule has 0 saturated heterocycles. The van der Waals surface area contributed by atoms with Gasteiger partial charge in [-0.05, 0) is 30.5 Å². The molecule has 7 heteroatoms. The monoisotopic (exact) mass is 322 g/mol. The summed E-state index contributed by atoms with van der Waals surface area (Å²) in [5, 5.41) is -0.0891. The molecule has 0 amide bonds. The minimum Gasteiger partial charge on any atom is -0.329 e. The first-order valence-corrected chi connectivity index (χ1v) is 8.46. The van der Waals surface area contributed by atoms with Crippen molar-refractivity contribution >= 4 is 21.6 Å². The lowest BCUT2D eigenvalue weighted by Gasteiger charge is -2.31. The Labute approximate surface area is 124 Å². The van der Waals surface area contributed by atoms with Crippen LogP contribution >= 0.6 is 11.6 Å². The van der Waals surface area contributed by atoms with Crippen LogP contribution in [0.3, 0.4) is 0 Å². The SMILES string of the molecule is CCC(CC)(CN)NS(=O)(=O)Cc1ccc(F)c(Cl)c1. The zero-order chi connectivity index (χ0) is 15.4. The van der Waals surface area contributed by atoms with Gasteiger partial charge in [0.1, 0.15) is 5.82 Å². The van der Waals surface area contributed by atoms with E-state index in [-0.39, 0.29) is 17.3 Å². The number of nitrogens with one attached hydrogen (secondary N) is 1. The molecule has 114 valence electrons. The molecule has 1 aromatic carbocycles. The van der Waals surface area contributed by atoms with Gasteiger partial charge < -0.3 is 5.73 Å². The largest absolute Gasteiger partial charge is 0.329 e. The fourth-order valence-corrected chi connectivity index (χ4v) is 3.86. The van der Waals surface area contributed by atoms with E-state index in [0.717, 1.165) is 6.07 Å². The van der Waals surface area contributed by atoms with Crippen molar-refractivity contribution in [3.63, 3.8) is 0 Å². The first-order valence-electron chi connectivity index (χ1n) is 6.43. The molecular formula is C13H20ClFN2O2S. The summed E-state index contributed by atoms with van der Waals surface area (Å²) in [5.74, 6) is -0.825. The van der Waals surface area contributed by atoms with Gasteiger partial charge in [0.05, 0.1) is 10.8 Å². The van der Waals surface area contributed by atoms with Crippen LogP contribution in [0.4, 0.5) is 4.39 Å². The van der Waals surface area contributed by atoms with Gasteiger partial charge in [-0.1, -0.05) is 31.5 Å². The molecule has 0 aliphatic rings. The van der Waals surface area contributed by atoms with E-state index in [4.69, 9.17) is 17.3 Å². The standard InChI is InChI=1S/C13H20ClFN2O2S/c1-3-13(4-2,9-16)17-20(18,19)8-10-5-6-12(15)11(14)7-10/h5-7,17H,3-4,8-9,16H2,1-2H3. The maximum absolute atomic E-state index is 13.1. The number of halogens is 2. The second-order valence-electron chi connectivity index (χ2n) is 4.80. The van der Waals surface area contributed by atoms with Crippen LogP contribution in [0.5, 0.6) is 0 Å². The summed E-state index contributed by atoms with van der Waals surface area (Å²) in [6.07, 6.45) is 1.20. The summed E-state index contributed by atoms with van der Waals surface area (Å²) in [6.45, 7) is 3.99. The summed E-state index contributed by atoms with van der Waals surface area (Å²) in [5.41, 5.74) is 5.47. The van der Waals surface area contributed by atoms with Crippen LogP contribution < -0.4 is 10.5 Å². The normalized spacial score (nSPS) is 12.7. The number of rotatable bonds is 7. The Morgan fingerprint density at radius 1 is 1.35 bits per heavy atom. The lowest BCUT2D eigenvalue weighted by molar-refractivity contribution is 0.363. The molecule has 1 aromatic rings. The van der Waals surface area contributed by atoms with E-state index < -0.39 is 21.4 Å². The fourth-order valence-electron chi connectivity index (χ4n) is 1.94. The smallest absolute Gasteiger partial charge is 0.216 e. The molecule has 0 fully saturated rings. The molecule has 0 aromatic heterocycles. The Bertz CT molecular complexity index is 551. The molecular weight excluding hydrogens is 303 g/mol. The van der Waals surface area contributed by atoms with Gasteiger partial charge >= 0.3 is 0 Å². The van der Waals surface area contributed by atoms with Crippen LogP contribution in [-0.2, 0) is 15.8 Å². The number of nitrogens with two attached hydrogens (primary N) is 1. The predicted octanol–water partition coefficient (Wildman–Crippen LogP) is 2.42. The van der Waals surface area contributed by atoms with Crippen LogP contribution in [0.25, 0.3) is 0 Å². The highest BCUT2D eigenvalue weighted by Gasteiger charge is 2.29. The van der Waals surface area contributed by atoms with Crippen LogP contribution in [-0.4, -0.2) is 20.5 Å². The minimum atomic E-state index is -3.57. The third-order valence-corrected chi connectivity index (χ3v) is 5.20. The van der Waals surface area contributed by atoms with Crippen molar-refractivity contribution in [1.29, 1.82) is 0 Å². The summed E-state index contributed by atoms with van der Waals surface area (Å²) in [4.78, 5) is 0. The quantitative estimate of drug-likeness (QED) is 0.809. The van der Waals surface area contributed by atoms with Crippen molar-refractivity contribution in [3.8, 4) is 0 Å². The average Bonchev–Trinajstić information content (AvgIpc) is 2.40. The van der Waals surface area contributed by atoms with Gasteiger partial charge in [-0.2, -0.15) is 0 Å². The molecule has 0 unspecified atom stereocenters. The van der Waals surface area contributed by atoms with Gasteiger partial charge in [0.25, 0.3) is 0 Å². The van der Waals surface area contributed by atoms with Gasteiger partial charge in [-0.3, -0.25) is 0 Å². The van der Waals surface area contributed by atoms with Crippen LogP contribution in [0.15, 0.2) is 18.2 Å². The molecule has 0 spiro atoms. The molecule has 0 aliphatic heterocycles. The second kappa shape index (κ2) is 6.85. The highest BCUT2D eigenvalue weighted by molar-refractivity contribution is 7.88. The van der Waals surface area contributed by atoms with Crippen molar-refractivity contribution in [2.45, 2.75) is 38.0 Å². The van der Waals surface area contributed by atoms with Crippen LogP contribution in [0, 0.1) is 5.82 Å². The summed E-state index contributed by atoms with van der Waals surface area (Å²) >= 11 is 5.65. The summed E-state index contributed by atoms with van der Waals surface area (Å²) < 4.78 is 40.1. The van der Waals surface area contributed by atoms with E-state index in [1.165, 1.54) is 12.1 Å². The average molecular weight is 323 g/mol. The van der Waals surface area contributed by atoms with Crippen molar-refractivity contribution in [2.75, 3.05) is 6.54 Å². The molecule has 0 bridgehead atoms. The van der Waals surface area contributed by atoms with Gasteiger partial charge in [0.2, 0.25) is 10.0 Å². The van der Waals surface area contributed by atoms with Gasteiger partial charge in [-0.25, -0.2) is 17.5 Å². The van der Waals surface area contributed by atoms with E-state index in [1.54, 1.807) is 0 Å². The predicted molar refractivity (Wildman–Crippen MR) is 79.5 cm³/mol. The van der Waals surface area contributed by atoms with Gasteiger partial charge in [-0.15, -0.1) is 0 Å². The minimum absolute atomic E-state index is 0.0891. The second-order valence-corrected chi connectivity index (χ2v) is 6.93. The lowest BCUT2D eigenvalue weighted by Crippen LogP contribution is -2.53. The Balaban J connectivity index is 2.92. The highest BCUT2D eigenvalue weighted by Crippen LogP contribution is 2.20. The third-order valence-electron chi connectivity index (χ3n) is 3.46. The Hall–Kier alpha value is -0.690. The molecule has 4 nitrogen and oxygen atoms in total. The third kappa shape index (κ3) is 4.41. The Morgan fingerprint density at radius 3 is 2.40 bits per heavy atom. The molecule has 20 heavy (non-hydrogen) atoms. The number of hydrogen-bond acceptors (Lipinski definition) is 3.